The summed E-state index contributed by atoms with van der Waals surface area (Å²) in [6.45, 7) is 0.650. The molecular formula is C4H10BrN5S. The summed E-state index contributed by atoms with van der Waals surface area (Å²) >= 11 is 1.56. The van der Waals surface area contributed by atoms with E-state index in [0.717, 1.165) is 10.9 Å². The summed E-state index contributed by atoms with van der Waals surface area (Å²) in [5.74, 6) is 0.855. The Morgan fingerprint density at radius 3 is 2.82 bits per heavy atom. The van der Waals surface area contributed by atoms with E-state index in [4.69, 9.17) is 5.73 Å². The minimum Gasteiger partial charge on any atom is -0.330 e. The van der Waals surface area contributed by atoms with E-state index in [1.54, 1.807) is 23.5 Å². The van der Waals surface area contributed by atoms with Crippen molar-refractivity contribution in [1.29, 1.82) is 0 Å². The number of aromatic nitrogens is 4. The lowest BCUT2D eigenvalue weighted by Gasteiger charge is -1.93. The molecule has 0 fully saturated rings. The van der Waals surface area contributed by atoms with Gasteiger partial charge < -0.3 is 5.73 Å². The lowest BCUT2D eigenvalue weighted by Crippen LogP contribution is -2.02. The largest absolute Gasteiger partial charge is 0.330 e. The molecule has 0 aliphatic carbocycles. The molecule has 2 N–H and O–H groups in total. The van der Waals surface area contributed by atoms with Crippen LogP contribution >= 0.6 is 28.7 Å². The number of hydrogen-bond acceptors (Lipinski definition) is 5. The van der Waals surface area contributed by atoms with Crippen LogP contribution in [0.15, 0.2) is 5.16 Å². The van der Waals surface area contributed by atoms with Crippen LogP contribution in [0.1, 0.15) is 0 Å². The van der Waals surface area contributed by atoms with Crippen LogP contribution < -0.4 is 5.73 Å². The minimum atomic E-state index is 0. The van der Waals surface area contributed by atoms with Crippen molar-refractivity contribution in [1.82, 2.24) is 20.2 Å². The molecule has 0 saturated carbocycles. The molecule has 0 bridgehead atoms. The summed E-state index contributed by atoms with van der Waals surface area (Å²) in [5.41, 5.74) is 5.30. The van der Waals surface area contributed by atoms with Crippen molar-refractivity contribution in [3.63, 3.8) is 0 Å². The number of nitrogens with zero attached hydrogens (tertiary/aromatic N) is 4. The van der Waals surface area contributed by atoms with Gasteiger partial charge in [0.15, 0.2) is 0 Å². The van der Waals surface area contributed by atoms with E-state index in [1.807, 2.05) is 0 Å². The minimum absolute atomic E-state index is 0. The van der Waals surface area contributed by atoms with E-state index >= 15 is 0 Å². The molecular weight excluding hydrogens is 230 g/mol. The Morgan fingerprint density at radius 2 is 2.36 bits per heavy atom. The molecule has 64 valence electrons. The zero-order valence-corrected chi connectivity index (χ0v) is 8.63. The van der Waals surface area contributed by atoms with Crippen molar-refractivity contribution < 1.29 is 0 Å². The lowest BCUT2D eigenvalue weighted by atomic mass is 10.8. The van der Waals surface area contributed by atoms with Crippen LogP contribution in [0.2, 0.25) is 0 Å². The monoisotopic (exact) mass is 239 g/mol. The molecule has 0 radical (unpaired) electrons. The van der Waals surface area contributed by atoms with Crippen LogP contribution in [0.4, 0.5) is 0 Å². The molecule has 0 aromatic carbocycles. The Bertz CT molecular complexity index is 202. The number of aryl methyl sites for hydroxylation is 1. The van der Waals surface area contributed by atoms with E-state index in [0.29, 0.717) is 6.54 Å². The number of hydrogen-bond donors (Lipinski definition) is 1. The SMILES string of the molecule is Br.Cn1nnnc1SCCN. The molecule has 0 aliphatic rings. The Labute approximate surface area is 79.5 Å². The van der Waals surface area contributed by atoms with Gasteiger partial charge in [0, 0.05) is 19.3 Å². The Kier molecular flexibility index (Phi) is 5.43. The van der Waals surface area contributed by atoms with Crippen LogP contribution in [0.25, 0.3) is 0 Å². The summed E-state index contributed by atoms with van der Waals surface area (Å²) in [6, 6.07) is 0. The van der Waals surface area contributed by atoms with Gasteiger partial charge in [0.05, 0.1) is 0 Å². The summed E-state index contributed by atoms with van der Waals surface area (Å²) in [7, 11) is 1.80. The molecule has 7 heteroatoms. The third kappa shape index (κ3) is 3.17. The van der Waals surface area contributed by atoms with Crippen molar-refractivity contribution in [3.8, 4) is 0 Å². The maximum absolute atomic E-state index is 5.30. The fourth-order valence-electron chi connectivity index (χ4n) is 0.494. The lowest BCUT2D eigenvalue weighted by molar-refractivity contribution is 0.664. The third-order valence-electron chi connectivity index (χ3n) is 0.930. The van der Waals surface area contributed by atoms with Crippen LogP contribution in [0.5, 0.6) is 0 Å². The predicted octanol–water partition coefficient (Wildman–Crippen LogP) is -0.161. The molecule has 1 aromatic heterocycles. The number of thioether (sulfide) groups is 1. The van der Waals surface area contributed by atoms with Gasteiger partial charge in [-0.15, -0.1) is 22.1 Å². The van der Waals surface area contributed by atoms with Crippen LogP contribution in [0, 0.1) is 0 Å². The fourth-order valence-corrected chi connectivity index (χ4v) is 1.11. The fraction of sp³-hybridized carbons (Fsp3) is 0.750. The highest BCUT2D eigenvalue weighted by Crippen LogP contribution is 2.09. The molecule has 0 aliphatic heterocycles. The molecule has 0 amide bonds. The summed E-state index contributed by atoms with van der Waals surface area (Å²) < 4.78 is 1.63. The molecule has 0 spiro atoms. The van der Waals surface area contributed by atoms with Gasteiger partial charge in [-0.1, -0.05) is 11.8 Å². The summed E-state index contributed by atoms with van der Waals surface area (Å²) in [4.78, 5) is 0. The average Bonchev–Trinajstić information content (AvgIpc) is 2.31. The highest BCUT2D eigenvalue weighted by Gasteiger charge is 1.99. The van der Waals surface area contributed by atoms with Gasteiger partial charge in [0.1, 0.15) is 0 Å². The zero-order chi connectivity index (χ0) is 7.40. The first-order valence-electron chi connectivity index (χ1n) is 2.90. The van der Waals surface area contributed by atoms with Crippen molar-refractivity contribution in [2.75, 3.05) is 12.3 Å². The molecule has 1 heterocycles. The first-order valence-corrected chi connectivity index (χ1v) is 3.88. The van der Waals surface area contributed by atoms with Gasteiger partial charge in [-0.3, -0.25) is 0 Å². The Hall–Kier alpha value is -0.140. The van der Waals surface area contributed by atoms with Crippen LogP contribution in [-0.2, 0) is 7.05 Å². The van der Waals surface area contributed by atoms with Gasteiger partial charge in [0.25, 0.3) is 0 Å². The van der Waals surface area contributed by atoms with E-state index in [9.17, 15) is 0 Å². The highest BCUT2D eigenvalue weighted by molar-refractivity contribution is 8.93. The molecule has 0 unspecified atom stereocenters. The van der Waals surface area contributed by atoms with Crippen molar-refractivity contribution in [3.05, 3.63) is 0 Å². The second-order valence-electron chi connectivity index (χ2n) is 1.72. The average molecular weight is 240 g/mol. The van der Waals surface area contributed by atoms with Crippen LogP contribution in [-0.4, -0.2) is 32.5 Å². The topological polar surface area (TPSA) is 69.6 Å². The van der Waals surface area contributed by atoms with Gasteiger partial charge >= 0.3 is 0 Å². The van der Waals surface area contributed by atoms with E-state index in [2.05, 4.69) is 15.5 Å². The Morgan fingerprint density at radius 1 is 1.64 bits per heavy atom. The summed E-state index contributed by atoms with van der Waals surface area (Å²) in [5, 5.41) is 11.7. The quantitative estimate of drug-likeness (QED) is 0.743. The first-order chi connectivity index (χ1) is 4.84. The maximum atomic E-state index is 5.30. The van der Waals surface area contributed by atoms with Crippen molar-refractivity contribution >= 4 is 28.7 Å². The van der Waals surface area contributed by atoms with E-state index in [-0.39, 0.29) is 17.0 Å². The number of tetrazole rings is 1. The Balaban J connectivity index is 0.000001000. The molecule has 5 nitrogen and oxygen atoms in total. The second kappa shape index (κ2) is 5.50. The number of rotatable bonds is 3. The van der Waals surface area contributed by atoms with Gasteiger partial charge in [0.2, 0.25) is 5.16 Å². The molecule has 1 aromatic rings. The molecule has 1 rings (SSSR count). The highest BCUT2D eigenvalue weighted by atomic mass is 79.9. The van der Waals surface area contributed by atoms with Gasteiger partial charge in [-0.25, -0.2) is 4.68 Å². The number of halogens is 1. The van der Waals surface area contributed by atoms with Gasteiger partial charge in [-0.05, 0) is 10.4 Å². The first kappa shape index (κ1) is 10.9. The second-order valence-corrected chi connectivity index (χ2v) is 2.78. The van der Waals surface area contributed by atoms with E-state index < -0.39 is 0 Å². The van der Waals surface area contributed by atoms with Gasteiger partial charge in [-0.2, -0.15) is 0 Å². The standard InChI is InChI=1S/C4H9N5S.BrH/c1-9-4(6-7-8-9)10-3-2-5;/h2-3,5H2,1H3;1H. The normalized spacial score (nSPS) is 9.27. The molecule has 11 heavy (non-hydrogen) atoms. The van der Waals surface area contributed by atoms with E-state index in [1.165, 1.54) is 0 Å². The molecule has 0 atom stereocenters. The van der Waals surface area contributed by atoms with Crippen molar-refractivity contribution in [2.45, 2.75) is 5.16 Å². The predicted molar refractivity (Wildman–Crippen MR) is 48.9 cm³/mol. The maximum Gasteiger partial charge on any atom is 0.209 e. The third-order valence-corrected chi connectivity index (χ3v) is 1.97. The smallest absolute Gasteiger partial charge is 0.209 e. The molecule has 0 saturated heterocycles. The summed E-state index contributed by atoms with van der Waals surface area (Å²) in [6.07, 6.45) is 0. The zero-order valence-electron chi connectivity index (χ0n) is 6.10. The van der Waals surface area contributed by atoms with Crippen molar-refractivity contribution in [2.24, 2.45) is 12.8 Å². The number of nitrogens with two attached hydrogens (primary N) is 1. The van der Waals surface area contributed by atoms with Crippen LogP contribution in [0.3, 0.4) is 0 Å².